The van der Waals surface area contributed by atoms with Crippen molar-refractivity contribution in [2.24, 2.45) is 0 Å². The number of hydrogen-bond donors (Lipinski definition) is 3. The van der Waals surface area contributed by atoms with Crippen LogP contribution in [0.5, 0.6) is 0 Å². The van der Waals surface area contributed by atoms with E-state index in [1.807, 2.05) is 38.5 Å². The number of anilines is 1. The van der Waals surface area contributed by atoms with Crippen LogP contribution < -0.4 is 10.6 Å². The molecule has 142 valence electrons. The molecule has 0 saturated heterocycles. The quantitative estimate of drug-likeness (QED) is 0.506. The van der Waals surface area contributed by atoms with Crippen LogP contribution in [0.1, 0.15) is 22.5 Å². The lowest BCUT2D eigenvalue weighted by Crippen LogP contribution is -2.26. The van der Waals surface area contributed by atoms with Crippen LogP contribution in [-0.2, 0) is 6.42 Å². The maximum absolute atomic E-state index is 12.2. The van der Waals surface area contributed by atoms with E-state index in [2.05, 4.69) is 36.8 Å². The zero-order valence-electron chi connectivity index (χ0n) is 15.8. The molecule has 27 heavy (non-hydrogen) atoms. The monoisotopic (exact) mass is 366 g/mol. The highest BCUT2D eigenvalue weighted by Crippen LogP contribution is 2.17. The molecular weight excluding hydrogens is 340 g/mol. The molecule has 0 aliphatic rings. The summed E-state index contributed by atoms with van der Waals surface area (Å²) in [5.74, 6) is 0.477. The van der Waals surface area contributed by atoms with Gasteiger partial charge in [-0.2, -0.15) is 0 Å². The maximum atomic E-state index is 12.2. The van der Waals surface area contributed by atoms with Crippen LogP contribution in [0.25, 0.3) is 10.9 Å². The summed E-state index contributed by atoms with van der Waals surface area (Å²) in [5, 5.41) is 15.4. The van der Waals surface area contributed by atoms with Gasteiger partial charge in [-0.05, 0) is 57.2 Å². The van der Waals surface area contributed by atoms with E-state index in [1.165, 1.54) is 10.9 Å². The Balaban J connectivity index is 1.45. The lowest BCUT2D eigenvalue weighted by molar-refractivity contribution is 0.0948. The van der Waals surface area contributed by atoms with Crippen molar-refractivity contribution < 1.29 is 4.79 Å². The highest BCUT2D eigenvalue weighted by Gasteiger charge is 2.09. The van der Waals surface area contributed by atoms with Crippen molar-refractivity contribution in [1.82, 2.24) is 25.4 Å². The van der Waals surface area contributed by atoms with Crippen LogP contribution in [0.15, 0.2) is 42.6 Å². The van der Waals surface area contributed by atoms with Crippen molar-refractivity contribution in [1.29, 1.82) is 0 Å². The summed E-state index contributed by atoms with van der Waals surface area (Å²) in [6.45, 7) is 2.38. The van der Waals surface area contributed by atoms with Crippen molar-refractivity contribution in [3.8, 4) is 0 Å². The van der Waals surface area contributed by atoms with Gasteiger partial charge in [0.1, 0.15) is 5.82 Å². The summed E-state index contributed by atoms with van der Waals surface area (Å²) >= 11 is 0. The van der Waals surface area contributed by atoms with E-state index in [9.17, 15) is 4.79 Å². The number of hydrogen-bond acceptors (Lipinski definition) is 5. The SMILES string of the molecule is CN(C)CCCNc1ccc(C(=O)NCCc2c[nH]c3ccccc23)nn1. The molecule has 7 heteroatoms. The van der Waals surface area contributed by atoms with Crippen LogP contribution in [0, 0.1) is 0 Å². The molecule has 0 fully saturated rings. The molecule has 3 rings (SSSR count). The van der Waals surface area contributed by atoms with Gasteiger partial charge in [0.2, 0.25) is 0 Å². The molecule has 3 N–H and O–H groups in total. The largest absolute Gasteiger partial charge is 0.369 e. The lowest BCUT2D eigenvalue weighted by Gasteiger charge is -2.10. The first-order chi connectivity index (χ1) is 13.1. The second-order valence-corrected chi connectivity index (χ2v) is 6.75. The minimum absolute atomic E-state index is 0.207. The van der Waals surface area contributed by atoms with Gasteiger partial charge >= 0.3 is 0 Å². The minimum Gasteiger partial charge on any atom is -0.369 e. The van der Waals surface area contributed by atoms with Gasteiger partial charge in [0.15, 0.2) is 5.69 Å². The van der Waals surface area contributed by atoms with Crippen molar-refractivity contribution in [2.45, 2.75) is 12.8 Å². The first-order valence-electron chi connectivity index (χ1n) is 9.19. The van der Waals surface area contributed by atoms with Crippen LogP contribution in [0.2, 0.25) is 0 Å². The summed E-state index contributed by atoms with van der Waals surface area (Å²) < 4.78 is 0. The van der Waals surface area contributed by atoms with E-state index in [1.54, 1.807) is 12.1 Å². The summed E-state index contributed by atoms with van der Waals surface area (Å²) in [6.07, 6.45) is 3.77. The number of fused-ring (bicyclic) bond motifs is 1. The molecule has 0 aliphatic carbocycles. The first-order valence-corrected chi connectivity index (χ1v) is 9.19. The Kier molecular flexibility index (Phi) is 6.38. The summed E-state index contributed by atoms with van der Waals surface area (Å²) in [7, 11) is 4.09. The van der Waals surface area contributed by atoms with Gasteiger partial charge in [0.05, 0.1) is 0 Å². The fraction of sp³-hybridized carbons (Fsp3) is 0.350. The molecular formula is C20H26N6O. The van der Waals surface area contributed by atoms with Gasteiger partial charge < -0.3 is 20.5 Å². The zero-order chi connectivity index (χ0) is 19.1. The molecule has 0 unspecified atom stereocenters. The third-order valence-electron chi connectivity index (χ3n) is 4.34. The topological polar surface area (TPSA) is 85.9 Å². The number of aromatic amines is 1. The number of nitrogens with one attached hydrogen (secondary N) is 3. The van der Waals surface area contributed by atoms with Crippen LogP contribution in [0.3, 0.4) is 0 Å². The van der Waals surface area contributed by atoms with Crippen LogP contribution in [-0.4, -0.2) is 59.7 Å². The normalized spacial score (nSPS) is 11.1. The number of aromatic nitrogens is 3. The van der Waals surface area contributed by atoms with Crippen molar-refractivity contribution in [3.05, 3.63) is 53.9 Å². The Hall–Kier alpha value is -2.93. The van der Waals surface area contributed by atoms with Gasteiger partial charge in [-0.25, -0.2) is 0 Å². The molecule has 7 nitrogen and oxygen atoms in total. The number of H-pyrrole nitrogens is 1. The molecule has 0 aliphatic heterocycles. The standard InChI is InChI=1S/C20H26N6O/c1-26(2)13-5-11-21-19-9-8-18(24-25-19)20(27)22-12-10-15-14-23-17-7-4-3-6-16(15)17/h3-4,6-9,14,23H,5,10-13H2,1-2H3,(H,21,25)(H,22,27). The number of carbonyl (C=O) groups excluding carboxylic acids is 1. The smallest absolute Gasteiger partial charge is 0.271 e. The molecule has 0 atom stereocenters. The third kappa shape index (κ3) is 5.27. The van der Waals surface area contributed by atoms with Crippen LogP contribution in [0.4, 0.5) is 5.82 Å². The van der Waals surface area contributed by atoms with E-state index in [0.29, 0.717) is 18.1 Å². The third-order valence-corrected chi connectivity index (χ3v) is 4.34. The van der Waals surface area contributed by atoms with Crippen molar-refractivity contribution in [2.75, 3.05) is 39.0 Å². The average Bonchev–Trinajstić information content (AvgIpc) is 3.09. The predicted octanol–water partition coefficient (Wildman–Crippen LogP) is 2.29. The minimum atomic E-state index is -0.207. The number of nitrogens with zero attached hydrogens (tertiary/aromatic N) is 3. The van der Waals surface area contributed by atoms with E-state index in [4.69, 9.17) is 0 Å². The van der Waals surface area contributed by atoms with E-state index in [-0.39, 0.29) is 5.91 Å². The van der Waals surface area contributed by atoms with Gasteiger partial charge in [-0.1, -0.05) is 18.2 Å². The Labute approximate surface area is 159 Å². The van der Waals surface area contributed by atoms with Crippen molar-refractivity contribution in [3.63, 3.8) is 0 Å². The van der Waals surface area contributed by atoms with E-state index in [0.717, 1.165) is 31.4 Å². The molecule has 0 saturated carbocycles. The molecule has 0 bridgehead atoms. The Bertz CT molecular complexity index is 872. The van der Waals surface area contributed by atoms with Gasteiger partial charge in [0.25, 0.3) is 5.91 Å². The summed E-state index contributed by atoms with van der Waals surface area (Å²) in [6, 6.07) is 11.6. The Morgan fingerprint density at radius 1 is 1.11 bits per heavy atom. The first kappa shape index (κ1) is 18.8. The number of carbonyl (C=O) groups is 1. The van der Waals surface area contributed by atoms with Crippen LogP contribution >= 0.6 is 0 Å². The molecule has 1 aromatic carbocycles. The zero-order valence-corrected chi connectivity index (χ0v) is 15.8. The van der Waals surface area contributed by atoms with Crippen molar-refractivity contribution >= 4 is 22.6 Å². The average molecular weight is 366 g/mol. The maximum Gasteiger partial charge on any atom is 0.271 e. The highest BCUT2D eigenvalue weighted by molar-refractivity contribution is 5.92. The second kappa shape index (κ2) is 9.14. The predicted molar refractivity (Wildman–Crippen MR) is 108 cm³/mol. The van der Waals surface area contributed by atoms with Gasteiger partial charge in [-0.15, -0.1) is 10.2 Å². The van der Waals surface area contributed by atoms with E-state index >= 15 is 0 Å². The Morgan fingerprint density at radius 3 is 2.74 bits per heavy atom. The van der Waals surface area contributed by atoms with Gasteiger partial charge in [0, 0.05) is 30.2 Å². The Morgan fingerprint density at radius 2 is 1.96 bits per heavy atom. The second-order valence-electron chi connectivity index (χ2n) is 6.75. The molecule has 2 aromatic heterocycles. The molecule has 3 aromatic rings. The summed E-state index contributed by atoms with van der Waals surface area (Å²) in [5.41, 5.74) is 2.63. The number of amides is 1. The molecule has 0 spiro atoms. The lowest BCUT2D eigenvalue weighted by atomic mass is 10.1. The fourth-order valence-corrected chi connectivity index (χ4v) is 2.90. The fourth-order valence-electron chi connectivity index (χ4n) is 2.90. The van der Waals surface area contributed by atoms with E-state index < -0.39 is 0 Å². The number of para-hydroxylation sites is 1. The molecule has 2 heterocycles. The highest BCUT2D eigenvalue weighted by atomic mass is 16.1. The van der Waals surface area contributed by atoms with Gasteiger partial charge in [-0.3, -0.25) is 4.79 Å². The molecule has 0 radical (unpaired) electrons. The number of benzene rings is 1. The molecule has 1 amide bonds. The number of rotatable bonds is 9. The summed E-state index contributed by atoms with van der Waals surface area (Å²) in [4.78, 5) is 17.6.